The molecule has 0 spiro atoms. The van der Waals surface area contributed by atoms with Crippen LogP contribution in [0, 0.1) is 5.92 Å². The summed E-state index contributed by atoms with van der Waals surface area (Å²) >= 11 is 0. The molecule has 8 heteroatoms. The number of hydrogen-bond donors (Lipinski definition) is 1. The predicted molar refractivity (Wildman–Crippen MR) is 103 cm³/mol. The van der Waals surface area contributed by atoms with E-state index in [9.17, 15) is 13.2 Å². The number of carbonyl (C=O) groups is 1. The zero-order chi connectivity index (χ0) is 19.3. The largest absolute Gasteiger partial charge is 0.379 e. The predicted octanol–water partition coefficient (Wildman–Crippen LogP) is 1.17. The molecule has 150 valence electrons. The maximum atomic E-state index is 12.6. The zero-order valence-corrected chi connectivity index (χ0v) is 16.7. The van der Waals surface area contributed by atoms with Crippen LogP contribution >= 0.6 is 0 Å². The smallest absolute Gasteiger partial charge is 0.251 e. The summed E-state index contributed by atoms with van der Waals surface area (Å²) in [6, 6.07) is 6.18. The first kappa shape index (κ1) is 20.3. The second-order valence-corrected chi connectivity index (χ2v) is 9.27. The molecule has 0 atom stereocenters. The van der Waals surface area contributed by atoms with Crippen molar-refractivity contribution >= 4 is 15.9 Å². The number of amides is 1. The van der Waals surface area contributed by atoms with E-state index in [0.29, 0.717) is 44.3 Å². The van der Waals surface area contributed by atoms with Crippen LogP contribution in [0.25, 0.3) is 0 Å². The monoisotopic (exact) mass is 395 g/mol. The first-order valence-corrected chi connectivity index (χ1v) is 11.1. The summed E-state index contributed by atoms with van der Waals surface area (Å²) in [5.41, 5.74) is 0.485. The molecular weight excluding hydrogens is 366 g/mol. The summed E-state index contributed by atoms with van der Waals surface area (Å²) in [5, 5.41) is 2.95. The number of piperidine rings is 1. The summed E-state index contributed by atoms with van der Waals surface area (Å²) in [4.78, 5) is 14.9. The van der Waals surface area contributed by atoms with Crippen LogP contribution in [-0.2, 0) is 14.8 Å². The van der Waals surface area contributed by atoms with Crippen LogP contribution in [0.2, 0.25) is 0 Å². The number of benzene rings is 1. The molecule has 0 radical (unpaired) electrons. The van der Waals surface area contributed by atoms with Crippen molar-refractivity contribution in [3.8, 4) is 0 Å². The van der Waals surface area contributed by atoms with Gasteiger partial charge in [-0.3, -0.25) is 4.79 Å². The van der Waals surface area contributed by atoms with Crippen LogP contribution in [0.1, 0.15) is 29.6 Å². The first-order valence-electron chi connectivity index (χ1n) is 9.61. The molecule has 2 saturated heterocycles. The number of nitrogens with zero attached hydrogens (tertiary/aromatic N) is 2. The van der Waals surface area contributed by atoms with Gasteiger partial charge in [0.25, 0.3) is 5.91 Å². The third kappa shape index (κ3) is 5.28. The Hall–Kier alpha value is -1.48. The average molecular weight is 396 g/mol. The van der Waals surface area contributed by atoms with Crippen LogP contribution in [-0.4, -0.2) is 76.5 Å². The number of morpholine rings is 1. The van der Waals surface area contributed by atoms with Crippen LogP contribution in [0.3, 0.4) is 0 Å². The first-order chi connectivity index (χ1) is 13.0. The van der Waals surface area contributed by atoms with Gasteiger partial charge in [-0.15, -0.1) is 0 Å². The Morgan fingerprint density at radius 2 is 1.74 bits per heavy atom. The SMILES string of the molecule is CN1CCC(CCNC(=O)c2ccc(S(=O)(=O)N3CCOCC3)cc2)CC1. The highest BCUT2D eigenvalue weighted by atomic mass is 32.2. The summed E-state index contributed by atoms with van der Waals surface area (Å²) < 4.78 is 31.8. The van der Waals surface area contributed by atoms with Gasteiger partial charge in [0, 0.05) is 25.2 Å². The topological polar surface area (TPSA) is 79.0 Å². The molecule has 1 amide bonds. The van der Waals surface area contributed by atoms with Crippen molar-refractivity contribution in [2.45, 2.75) is 24.2 Å². The lowest BCUT2D eigenvalue weighted by Crippen LogP contribution is -2.40. The average Bonchev–Trinajstić information content (AvgIpc) is 2.70. The zero-order valence-electron chi connectivity index (χ0n) is 15.9. The molecule has 1 aromatic carbocycles. The molecule has 2 aliphatic rings. The van der Waals surface area contributed by atoms with E-state index in [0.717, 1.165) is 19.5 Å². The number of carbonyl (C=O) groups excluding carboxylic acids is 1. The standard InChI is InChI=1S/C19H29N3O4S/c1-21-10-7-16(8-11-21)6-9-20-19(23)17-2-4-18(5-3-17)27(24,25)22-12-14-26-15-13-22/h2-5,16H,6-15H2,1H3,(H,20,23). The van der Waals surface area contributed by atoms with Gasteiger partial charge in [-0.1, -0.05) is 0 Å². The van der Waals surface area contributed by atoms with Crippen molar-refractivity contribution in [2.24, 2.45) is 5.92 Å². The van der Waals surface area contributed by atoms with E-state index in [-0.39, 0.29) is 10.8 Å². The third-order valence-corrected chi connectivity index (χ3v) is 7.31. The number of rotatable bonds is 6. The minimum absolute atomic E-state index is 0.154. The van der Waals surface area contributed by atoms with Crippen molar-refractivity contribution in [3.63, 3.8) is 0 Å². The van der Waals surface area contributed by atoms with Crippen molar-refractivity contribution in [3.05, 3.63) is 29.8 Å². The van der Waals surface area contributed by atoms with Gasteiger partial charge in [0.2, 0.25) is 10.0 Å². The molecule has 3 rings (SSSR count). The second kappa shape index (κ2) is 9.14. The Morgan fingerprint density at radius 3 is 2.37 bits per heavy atom. The van der Waals surface area contributed by atoms with Gasteiger partial charge < -0.3 is 15.0 Å². The minimum atomic E-state index is -3.52. The lowest BCUT2D eigenvalue weighted by Gasteiger charge is -2.28. The van der Waals surface area contributed by atoms with Crippen LogP contribution in [0.4, 0.5) is 0 Å². The Balaban J connectivity index is 1.51. The normalized spacial score (nSPS) is 20.5. The van der Waals surface area contributed by atoms with Gasteiger partial charge in [0.1, 0.15) is 0 Å². The van der Waals surface area contributed by atoms with Crippen molar-refractivity contribution in [2.75, 3.05) is 53.0 Å². The number of nitrogens with one attached hydrogen (secondary N) is 1. The molecule has 2 heterocycles. The van der Waals surface area contributed by atoms with E-state index in [4.69, 9.17) is 4.74 Å². The van der Waals surface area contributed by atoms with E-state index in [1.54, 1.807) is 12.1 Å². The number of sulfonamides is 1. The highest BCUT2D eigenvalue weighted by Crippen LogP contribution is 2.19. The van der Waals surface area contributed by atoms with Crippen LogP contribution < -0.4 is 5.32 Å². The quantitative estimate of drug-likeness (QED) is 0.782. The third-order valence-electron chi connectivity index (χ3n) is 5.40. The molecule has 0 bridgehead atoms. The molecule has 0 unspecified atom stereocenters. The Bertz CT molecular complexity index is 722. The molecule has 1 aromatic rings. The van der Waals surface area contributed by atoms with Crippen LogP contribution in [0.15, 0.2) is 29.2 Å². The Labute approximate surface area is 161 Å². The molecule has 1 N–H and O–H groups in total. The van der Waals surface area contributed by atoms with Gasteiger partial charge in [0.15, 0.2) is 0 Å². The summed E-state index contributed by atoms with van der Waals surface area (Å²) in [6.45, 7) is 4.45. The minimum Gasteiger partial charge on any atom is -0.379 e. The number of ether oxygens (including phenoxy) is 1. The van der Waals surface area contributed by atoms with Gasteiger partial charge >= 0.3 is 0 Å². The molecule has 0 aliphatic carbocycles. The van der Waals surface area contributed by atoms with E-state index in [2.05, 4.69) is 17.3 Å². The van der Waals surface area contributed by atoms with Gasteiger partial charge in [-0.05, 0) is 69.6 Å². The summed E-state index contributed by atoms with van der Waals surface area (Å²) in [7, 11) is -1.38. The lowest BCUT2D eigenvalue weighted by atomic mass is 9.94. The molecule has 0 saturated carbocycles. The van der Waals surface area contributed by atoms with Crippen LogP contribution in [0.5, 0.6) is 0 Å². The van der Waals surface area contributed by atoms with Crippen molar-refractivity contribution in [1.29, 1.82) is 0 Å². The Kier molecular flexibility index (Phi) is 6.86. The van der Waals surface area contributed by atoms with Gasteiger partial charge in [-0.25, -0.2) is 8.42 Å². The molecule has 27 heavy (non-hydrogen) atoms. The summed E-state index contributed by atoms with van der Waals surface area (Å²) in [6.07, 6.45) is 3.35. The maximum Gasteiger partial charge on any atom is 0.251 e. The van der Waals surface area contributed by atoms with E-state index in [1.807, 2.05) is 0 Å². The number of likely N-dealkylation sites (tertiary alicyclic amines) is 1. The summed E-state index contributed by atoms with van der Waals surface area (Å²) in [5.74, 6) is 0.515. The highest BCUT2D eigenvalue weighted by Gasteiger charge is 2.26. The van der Waals surface area contributed by atoms with Gasteiger partial charge in [-0.2, -0.15) is 4.31 Å². The molecule has 2 aliphatic heterocycles. The molecule has 2 fully saturated rings. The molecule has 0 aromatic heterocycles. The van der Waals surface area contributed by atoms with E-state index >= 15 is 0 Å². The van der Waals surface area contributed by atoms with E-state index in [1.165, 1.54) is 29.3 Å². The Morgan fingerprint density at radius 1 is 1.11 bits per heavy atom. The fourth-order valence-corrected chi connectivity index (χ4v) is 4.96. The maximum absolute atomic E-state index is 12.6. The fourth-order valence-electron chi connectivity index (χ4n) is 3.56. The fraction of sp³-hybridized carbons (Fsp3) is 0.632. The van der Waals surface area contributed by atoms with Crippen molar-refractivity contribution < 1.29 is 17.9 Å². The molecular formula is C19H29N3O4S. The lowest BCUT2D eigenvalue weighted by molar-refractivity contribution is 0.0730. The highest BCUT2D eigenvalue weighted by molar-refractivity contribution is 7.89. The van der Waals surface area contributed by atoms with E-state index < -0.39 is 10.0 Å². The number of hydrogen-bond acceptors (Lipinski definition) is 5. The molecule has 7 nitrogen and oxygen atoms in total. The van der Waals surface area contributed by atoms with Crippen molar-refractivity contribution in [1.82, 2.24) is 14.5 Å². The second-order valence-electron chi connectivity index (χ2n) is 7.33. The van der Waals surface area contributed by atoms with Gasteiger partial charge in [0.05, 0.1) is 18.1 Å².